The van der Waals surface area contributed by atoms with Crippen molar-refractivity contribution in [2.24, 2.45) is 11.8 Å². The SMILES string of the molecule is COC[C@@H]1CCCC[C@H]1C(=O)O. The van der Waals surface area contributed by atoms with Crippen LogP contribution < -0.4 is 0 Å². The summed E-state index contributed by atoms with van der Waals surface area (Å²) >= 11 is 0. The van der Waals surface area contributed by atoms with Crippen LogP contribution in [-0.2, 0) is 9.53 Å². The van der Waals surface area contributed by atoms with Gasteiger partial charge in [-0.3, -0.25) is 4.79 Å². The van der Waals surface area contributed by atoms with Gasteiger partial charge in [-0.2, -0.15) is 0 Å². The highest BCUT2D eigenvalue weighted by Crippen LogP contribution is 2.30. The maximum absolute atomic E-state index is 10.8. The Kier molecular flexibility index (Phi) is 3.53. The topological polar surface area (TPSA) is 46.5 Å². The molecule has 1 saturated carbocycles. The van der Waals surface area contributed by atoms with Gasteiger partial charge in [-0.05, 0) is 18.8 Å². The van der Waals surface area contributed by atoms with E-state index in [2.05, 4.69) is 0 Å². The van der Waals surface area contributed by atoms with Gasteiger partial charge in [-0.1, -0.05) is 12.8 Å². The lowest BCUT2D eigenvalue weighted by Gasteiger charge is -2.27. The molecule has 0 aromatic rings. The normalized spacial score (nSPS) is 30.1. The summed E-state index contributed by atoms with van der Waals surface area (Å²) in [6.45, 7) is 0.594. The number of aliphatic carboxylic acids is 1. The summed E-state index contributed by atoms with van der Waals surface area (Å²) in [6, 6.07) is 0. The minimum absolute atomic E-state index is 0.168. The molecule has 0 aromatic heterocycles. The predicted octanol–water partition coefficient (Wildman–Crippen LogP) is 1.52. The molecule has 0 aromatic carbocycles. The van der Waals surface area contributed by atoms with E-state index in [0.29, 0.717) is 6.61 Å². The van der Waals surface area contributed by atoms with Crippen molar-refractivity contribution in [3.63, 3.8) is 0 Å². The van der Waals surface area contributed by atoms with Crippen molar-refractivity contribution in [3.05, 3.63) is 0 Å². The van der Waals surface area contributed by atoms with E-state index in [9.17, 15) is 4.79 Å². The van der Waals surface area contributed by atoms with Crippen LogP contribution in [0.5, 0.6) is 0 Å². The number of rotatable bonds is 3. The van der Waals surface area contributed by atoms with E-state index >= 15 is 0 Å². The maximum Gasteiger partial charge on any atom is 0.306 e. The first-order valence-corrected chi connectivity index (χ1v) is 4.47. The quantitative estimate of drug-likeness (QED) is 0.702. The number of hydrogen-bond acceptors (Lipinski definition) is 2. The van der Waals surface area contributed by atoms with Crippen LogP contribution >= 0.6 is 0 Å². The third kappa shape index (κ3) is 2.21. The van der Waals surface area contributed by atoms with Gasteiger partial charge in [0.15, 0.2) is 0 Å². The lowest BCUT2D eigenvalue weighted by atomic mass is 9.80. The van der Waals surface area contributed by atoms with E-state index < -0.39 is 5.97 Å². The molecular weight excluding hydrogens is 156 g/mol. The molecule has 0 saturated heterocycles. The van der Waals surface area contributed by atoms with Crippen LogP contribution in [0.4, 0.5) is 0 Å². The van der Waals surface area contributed by atoms with Crippen molar-refractivity contribution in [1.82, 2.24) is 0 Å². The van der Waals surface area contributed by atoms with Crippen LogP contribution in [-0.4, -0.2) is 24.8 Å². The fraction of sp³-hybridized carbons (Fsp3) is 0.889. The highest BCUT2D eigenvalue weighted by atomic mass is 16.5. The zero-order valence-electron chi connectivity index (χ0n) is 7.45. The molecule has 2 atom stereocenters. The summed E-state index contributed by atoms with van der Waals surface area (Å²) in [4.78, 5) is 10.8. The third-order valence-electron chi connectivity index (χ3n) is 2.61. The minimum atomic E-state index is -0.656. The summed E-state index contributed by atoms with van der Waals surface area (Å²) in [6.07, 6.45) is 4.03. The number of carboxylic acids is 1. The molecule has 0 heterocycles. The van der Waals surface area contributed by atoms with Crippen LogP contribution in [0.15, 0.2) is 0 Å². The van der Waals surface area contributed by atoms with Gasteiger partial charge in [-0.25, -0.2) is 0 Å². The summed E-state index contributed by atoms with van der Waals surface area (Å²) in [5.41, 5.74) is 0. The molecule has 0 spiro atoms. The molecule has 0 unspecified atom stereocenters. The van der Waals surface area contributed by atoms with Gasteiger partial charge in [0.05, 0.1) is 5.92 Å². The number of carboxylic acid groups (broad SMARTS) is 1. The number of carbonyl (C=O) groups is 1. The molecular formula is C9H16O3. The van der Waals surface area contributed by atoms with Crippen LogP contribution in [0, 0.1) is 11.8 Å². The molecule has 1 aliphatic carbocycles. The summed E-state index contributed by atoms with van der Waals surface area (Å²) in [5.74, 6) is -0.586. The molecule has 70 valence electrons. The fourth-order valence-corrected chi connectivity index (χ4v) is 1.95. The average molecular weight is 172 g/mol. The number of ether oxygens (including phenoxy) is 1. The molecule has 1 aliphatic rings. The Labute approximate surface area is 72.7 Å². The van der Waals surface area contributed by atoms with E-state index in [4.69, 9.17) is 9.84 Å². The molecule has 1 fully saturated rings. The van der Waals surface area contributed by atoms with Crippen molar-refractivity contribution in [3.8, 4) is 0 Å². The second kappa shape index (κ2) is 4.45. The molecule has 0 aliphatic heterocycles. The van der Waals surface area contributed by atoms with Gasteiger partial charge in [-0.15, -0.1) is 0 Å². The average Bonchev–Trinajstić information content (AvgIpc) is 2.05. The van der Waals surface area contributed by atoms with Crippen molar-refractivity contribution in [2.45, 2.75) is 25.7 Å². The van der Waals surface area contributed by atoms with Gasteiger partial charge in [0.1, 0.15) is 0 Å². The van der Waals surface area contributed by atoms with E-state index in [1.165, 1.54) is 0 Å². The highest BCUT2D eigenvalue weighted by molar-refractivity contribution is 5.70. The fourth-order valence-electron chi connectivity index (χ4n) is 1.95. The van der Waals surface area contributed by atoms with Gasteiger partial charge >= 0.3 is 5.97 Å². The molecule has 0 amide bonds. The third-order valence-corrected chi connectivity index (χ3v) is 2.61. The van der Waals surface area contributed by atoms with Gasteiger partial charge in [0.2, 0.25) is 0 Å². The second-order valence-corrected chi connectivity index (χ2v) is 3.44. The molecule has 1 rings (SSSR count). The van der Waals surface area contributed by atoms with Crippen molar-refractivity contribution in [1.29, 1.82) is 0 Å². The van der Waals surface area contributed by atoms with Crippen molar-refractivity contribution >= 4 is 5.97 Å². The first-order valence-electron chi connectivity index (χ1n) is 4.47. The maximum atomic E-state index is 10.8. The first-order chi connectivity index (χ1) is 5.75. The van der Waals surface area contributed by atoms with Crippen LogP contribution in [0.25, 0.3) is 0 Å². The second-order valence-electron chi connectivity index (χ2n) is 3.44. The molecule has 0 radical (unpaired) electrons. The van der Waals surface area contributed by atoms with E-state index in [1.807, 2.05) is 0 Å². The van der Waals surface area contributed by atoms with E-state index in [-0.39, 0.29) is 11.8 Å². The minimum Gasteiger partial charge on any atom is -0.481 e. The zero-order valence-corrected chi connectivity index (χ0v) is 7.45. The molecule has 0 bridgehead atoms. The largest absolute Gasteiger partial charge is 0.481 e. The molecule has 1 N–H and O–H groups in total. The molecule has 3 nitrogen and oxygen atoms in total. The molecule has 3 heteroatoms. The van der Waals surface area contributed by atoms with Gasteiger partial charge in [0.25, 0.3) is 0 Å². The van der Waals surface area contributed by atoms with Crippen molar-refractivity contribution < 1.29 is 14.6 Å². The Bertz CT molecular complexity index is 154. The van der Waals surface area contributed by atoms with E-state index in [0.717, 1.165) is 25.7 Å². The number of methoxy groups -OCH3 is 1. The Morgan fingerprint density at radius 3 is 2.75 bits per heavy atom. The van der Waals surface area contributed by atoms with Gasteiger partial charge in [0, 0.05) is 13.7 Å². The van der Waals surface area contributed by atoms with Crippen molar-refractivity contribution in [2.75, 3.05) is 13.7 Å². The summed E-state index contributed by atoms with van der Waals surface area (Å²) < 4.78 is 5.00. The standard InChI is InChI=1S/C9H16O3/c1-12-6-7-4-2-3-5-8(7)9(10)11/h7-8H,2-6H2,1H3,(H,10,11)/t7-,8+/m0/s1. The Balaban J connectivity index is 2.48. The van der Waals surface area contributed by atoms with E-state index in [1.54, 1.807) is 7.11 Å². The zero-order chi connectivity index (χ0) is 8.97. The Morgan fingerprint density at radius 2 is 2.17 bits per heavy atom. The van der Waals surface area contributed by atoms with Crippen LogP contribution in [0.2, 0.25) is 0 Å². The molecule has 12 heavy (non-hydrogen) atoms. The predicted molar refractivity (Wildman–Crippen MR) is 45.0 cm³/mol. The van der Waals surface area contributed by atoms with Crippen LogP contribution in [0.3, 0.4) is 0 Å². The first kappa shape index (κ1) is 9.52. The Hall–Kier alpha value is -0.570. The highest BCUT2D eigenvalue weighted by Gasteiger charge is 2.30. The van der Waals surface area contributed by atoms with Crippen LogP contribution in [0.1, 0.15) is 25.7 Å². The lowest BCUT2D eigenvalue weighted by molar-refractivity contribution is -0.145. The summed E-state index contributed by atoms with van der Waals surface area (Å²) in [5, 5.41) is 8.88. The Morgan fingerprint density at radius 1 is 1.50 bits per heavy atom. The smallest absolute Gasteiger partial charge is 0.306 e. The monoisotopic (exact) mass is 172 g/mol. The summed E-state index contributed by atoms with van der Waals surface area (Å²) in [7, 11) is 1.63. The number of hydrogen-bond donors (Lipinski definition) is 1. The lowest BCUT2D eigenvalue weighted by Crippen LogP contribution is -2.29. The van der Waals surface area contributed by atoms with Gasteiger partial charge < -0.3 is 9.84 Å².